The topological polar surface area (TPSA) is 92.1 Å². The Kier molecular flexibility index (Phi) is 4.06. The van der Waals surface area contributed by atoms with Crippen molar-refractivity contribution in [2.75, 3.05) is 20.1 Å². The Morgan fingerprint density at radius 2 is 2.25 bits per heavy atom. The lowest BCUT2D eigenvalue weighted by atomic mass is 10.2. The largest absolute Gasteiger partial charge is 0.332 e. The van der Waals surface area contributed by atoms with Gasteiger partial charge in [-0.2, -0.15) is 4.31 Å². The Labute approximate surface area is 95.9 Å². The van der Waals surface area contributed by atoms with Crippen molar-refractivity contribution in [3.63, 3.8) is 0 Å². The standard InChI is InChI=1S/C9H18N4O2S/c1-7(4-10)6-13(3)16(14,15)9-5-11-8(2)12-9/h5,7H,4,6,10H2,1-3H3,(H,11,12). The number of nitrogens with zero attached hydrogens (tertiary/aromatic N) is 2. The van der Waals surface area contributed by atoms with E-state index in [1.807, 2.05) is 6.92 Å². The molecule has 0 aromatic carbocycles. The highest BCUT2D eigenvalue weighted by atomic mass is 32.2. The minimum absolute atomic E-state index is 0.122. The zero-order chi connectivity index (χ0) is 12.3. The van der Waals surface area contributed by atoms with E-state index < -0.39 is 10.0 Å². The van der Waals surface area contributed by atoms with Gasteiger partial charge in [-0.15, -0.1) is 0 Å². The summed E-state index contributed by atoms with van der Waals surface area (Å²) in [6.45, 7) is 4.48. The summed E-state index contributed by atoms with van der Waals surface area (Å²) < 4.78 is 25.3. The molecule has 0 amide bonds. The van der Waals surface area contributed by atoms with Gasteiger partial charge in [-0.25, -0.2) is 13.4 Å². The molecule has 0 fully saturated rings. The van der Waals surface area contributed by atoms with Gasteiger partial charge in [-0.1, -0.05) is 6.92 Å². The number of rotatable bonds is 5. The fourth-order valence-electron chi connectivity index (χ4n) is 1.31. The summed E-state index contributed by atoms with van der Waals surface area (Å²) in [4.78, 5) is 6.60. The maximum absolute atomic E-state index is 12.0. The van der Waals surface area contributed by atoms with Crippen molar-refractivity contribution in [2.45, 2.75) is 18.9 Å². The van der Waals surface area contributed by atoms with E-state index in [0.717, 1.165) is 0 Å². The van der Waals surface area contributed by atoms with Crippen LogP contribution in [0, 0.1) is 12.8 Å². The van der Waals surface area contributed by atoms with Crippen LogP contribution in [0.2, 0.25) is 0 Å². The van der Waals surface area contributed by atoms with E-state index in [4.69, 9.17) is 5.73 Å². The van der Waals surface area contributed by atoms with Gasteiger partial charge >= 0.3 is 0 Å². The molecule has 1 heterocycles. The molecule has 16 heavy (non-hydrogen) atoms. The van der Waals surface area contributed by atoms with Gasteiger partial charge in [0.05, 0.1) is 6.20 Å². The second-order valence-electron chi connectivity index (χ2n) is 3.96. The molecular formula is C9H18N4O2S. The average molecular weight is 246 g/mol. The van der Waals surface area contributed by atoms with Crippen LogP contribution in [-0.4, -0.2) is 42.8 Å². The van der Waals surface area contributed by atoms with Crippen molar-refractivity contribution in [1.82, 2.24) is 14.3 Å². The third-order valence-electron chi connectivity index (χ3n) is 2.34. The quantitative estimate of drug-likeness (QED) is 0.761. The predicted octanol–water partition coefficient (Wildman–Crippen LogP) is -0.0666. The molecule has 0 bridgehead atoms. The Hall–Kier alpha value is -0.920. The molecule has 3 N–H and O–H groups in total. The Bertz CT molecular complexity index is 440. The van der Waals surface area contributed by atoms with Gasteiger partial charge in [0.2, 0.25) is 0 Å². The first kappa shape index (κ1) is 13.1. The minimum Gasteiger partial charge on any atom is -0.332 e. The molecule has 7 heteroatoms. The Morgan fingerprint density at radius 3 is 2.69 bits per heavy atom. The second-order valence-corrected chi connectivity index (χ2v) is 5.97. The van der Waals surface area contributed by atoms with Crippen LogP contribution in [-0.2, 0) is 10.0 Å². The van der Waals surface area contributed by atoms with E-state index in [1.54, 1.807) is 6.92 Å². The molecule has 0 radical (unpaired) electrons. The van der Waals surface area contributed by atoms with Crippen LogP contribution < -0.4 is 5.73 Å². The molecule has 0 aliphatic rings. The molecular weight excluding hydrogens is 228 g/mol. The van der Waals surface area contributed by atoms with Crippen molar-refractivity contribution in [1.29, 1.82) is 0 Å². The minimum atomic E-state index is -3.46. The van der Waals surface area contributed by atoms with E-state index in [2.05, 4.69) is 9.97 Å². The molecule has 1 atom stereocenters. The first-order valence-electron chi connectivity index (χ1n) is 5.06. The average Bonchev–Trinajstić information content (AvgIpc) is 2.65. The van der Waals surface area contributed by atoms with Gasteiger partial charge in [0.15, 0.2) is 5.03 Å². The van der Waals surface area contributed by atoms with Crippen LogP contribution in [0.3, 0.4) is 0 Å². The van der Waals surface area contributed by atoms with Gasteiger partial charge < -0.3 is 10.7 Å². The number of aryl methyl sites for hydroxylation is 1. The van der Waals surface area contributed by atoms with Crippen molar-refractivity contribution in [3.05, 3.63) is 12.0 Å². The smallest absolute Gasteiger partial charge is 0.259 e. The van der Waals surface area contributed by atoms with Crippen molar-refractivity contribution in [3.8, 4) is 0 Å². The molecule has 0 saturated carbocycles. The molecule has 1 aromatic rings. The first-order valence-corrected chi connectivity index (χ1v) is 6.50. The van der Waals surface area contributed by atoms with Crippen LogP contribution >= 0.6 is 0 Å². The van der Waals surface area contributed by atoms with Gasteiger partial charge in [-0.3, -0.25) is 0 Å². The molecule has 0 spiro atoms. The molecule has 0 aliphatic carbocycles. The fraction of sp³-hybridized carbons (Fsp3) is 0.667. The summed E-state index contributed by atoms with van der Waals surface area (Å²) >= 11 is 0. The number of imidazole rings is 1. The number of aromatic amines is 1. The van der Waals surface area contributed by atoms with Crippen LogP contribution in [0.25, 0.3) is 0 Å². The van der Waals surface area contributed by atoms with E-state index in [9.17, 15) is 8.42 Å². The highest BCUT2D eigenvalue weighted by Crippen LogP contribution is 2.12. The van der Waals surface area contributed by atoms with Gasteiger partial charge in [-0.05, 0) is 19.4 Å². The number of hydrogen-bond donors (Lipinski definition) is 2. The maximum Gasteiger partial charge on any atom is 0.259 e. The van der Waals surface area contributed by atoms with Crippen molar-refractivity contribution >= 4 is 10.0 Å². The lowest BCUT2D eigenvalue weighted by Crippen LogP contribution is -2.33. The van der Waals surface area contributed by atoms with Crippen LogP contribution in [0.1, 0.15) is 12.7 Å². The van der Waals surface area contributed by atoms with E-state index in [1.165, 1.54) is 17.5 Å². The lowest BCUT2D eigenvalue weighted by Gasteiger charge is -2.19. The van der Waals surface area contributed by atoms with Crippen molar-refractivity contribution in [2.24, 2.45) is 11.7 Å². The Morgan fingerprint density at radius 1 is 1.62 bits per heavy atom. The summed E-state index contributed by atoms with van der Waals surface area (Å²) in [5.41, 5.74) is 5.46. The summed E-state index contributed by atoms with van der Waals surface area (Å²) in [6, 6.07) is 0. The third-order valence-corrected chi connectivity index (χ3v) is 4.07. The molecule has 92 valence electrons. The summed E-state index contributed by atoms with van der Waals surface area (Å²) in [7, 11) is -1.92. The third kappa shape index (κ3) is 2.81. The number of sulfonamides is 1. The molecule has 0 aliphatic heterocycles. The normalized spacial score (nSPS) is 14.3. The number of aromatic nitrogens is 2. The van der Waals surface area contributed by atoms with E-state index in [-0.39, 0.29) is 10.9 Å². The highest BCUT2D eigenvalue weighted by Gasteiger charge is 2.23. The summed E-state index contributed by atoms with van der Waals surface area (Å²) in [5.74, 6) is 0.711. The zero-order valence-electron chi connectivity index (χ0n) is 9.77. The first-order chi connectivity index (χ1) is 7.37. The second kappa shape index (κ2) is 4.94. The predicted molar refractivity (Wildman–Crippen MR) is 61.4 cm³/mol. The highest BCUT2D eigenvalue weighted by molar-refractivity contribution is 7.89. The van der Waals surface area contributed by atoms with Crippen LogP contribution in [0.15, 0.2) is 11.2 Å². The van der Waals surface area contributed by atoms with Gasteiger partial charge in [0, 0.05) is 13.6 Å². The van der Waals surface area contributed by atoms with E-state index in [0.29, 0.717) is 18.9 Å². The molecule has 1 unspecified atom stereocenters. The number of nitrogens with two attached hydrogens (primary N) is 1. The van der Waals surface area contributed by atoms with Crippen LogP contribution in [0.5, 0.6) is 0 Å². The number of hydrogen-bond acceptors (Lipinski definition) is 4. The SMILES string of the molecule is Cc1ncc(S(=O)(=O)N(C)CC(C)CN)[nH]1. The number of nitrogens with one attached hydrogen (secondary N) is 1. The van der Waals surface area contributed by atoms with Gasteiger partial charge in [0.1, 0.15) is 5.82 Å². The zero-order valence-corrected chi connectivity index (χ0v) is 10.6. The van der Waals surface area contributed by atoms with E-state index >= 15 is 0 Å². The molecule has 6 nitrogen and oxygen atoms in total. The van der Waals surface area contributed by atoms with Gasteiger partial charge in [0.25, 0.3) is 10.0 Å². The summed E-state index contributed by atoms with van der Waals surface area (Å²) in [5, 5.41) is 0.122. The fourth-order valence-corrected chi connectivity index (χ4v) is 2.56. The summed E-state index contributed by atoms with van der Waals surface area (Å²) in [6.07, 6.45) is 1.33. The van der Waals surface area contributed by atoms with Crippen molar-refractivity contribution < 1.29 is 8.42 Å². The monoisotopic (exact) mass is 246 g/mol. The van der Waals surface area contributed by atoms with Crippen LogP contribution in [0.4, 0.5) is 0 Å². The Balaban J connectivity index is 2.86. The molecule has 0 saturated heterocycles. The molecule has 1 rings (SSSR count). The molecule has 1 aromatic heterocycles. The maximum atomic E-state index is 12.0. The number of H-pyrrole nitrogens is 1. The lowest BCUT2D eigenvalue weighted by molar-refractivity contribution is 0.403.